The first kappa shape index (κ1) is 23.8. The first-order valence-electron chi connectivity index (χ1n) is 12.3. The van der Waals surface area contributed by atoms with Crippen LogP contribution in [0.4, 0.5) is 0 Å². The van der Waals surface area contributed by atoms with E-state index in [2.05, 4.69) is 36.0 Å². The van der Waals surface area contributed by atoms with Crippen LogP contribution in [-0.2, 0) is 9.53 Å². The van der Waals surface area contributed by atoms with Crippen LogP contribution < -0.4 is 15.4 Å². The second kappa shape index (κ2) is 10.4. The standard InChI is InChI=1S/C26H26N8O4/c1-17-14-22(32-38-17)24-30-29-23-20-4-2-3-5-21(20)26(31-34(23)24)37-16-19-7-6-18(15-28-19)25(35)27-8-9-33-10-12-36-13-11-33/h2-7,14-16,28H,8-13H2,1H3,(H,27,35). The summed E-state index contributed by atoms with van der Waals surface area (Å²) >= 11 is 0. The van der Waals surface area contributed by atoms with Gasteiger partial charge in [-0.1, -0.05) is 23.4 Å². The van der Waals surface area contributed by atoms with E-state index in [1.165, 1.54) is 0 Å². The third kappa shape index (κ3) is 4.86. The van der Waals surface area contributed by atoms with Crippen molar-refractivity contribution in [3.8, 4) is 17.4 Å². The fourth-order valence-corrected chi connectivity index (χ4v) is 4.30. The van der Waals surface area contributed by atoms with Gasteiger partial charge in [-0.3, -0.25) is 9.69 Å². The van der Waals surface area contributed by atoms with E-state index in [1.807, 2.05) is 31.2 Å². The monoisotopic (exact) mass is 514 g/mol. The lowest BCUT2D eigenvalue weighted by Gasteiger charge is -2.26. The second-order valence-corrected chi connectivity index (χ2v) is 8.91. The zero-order valence-electron chi connectivity index (χ0n) is 20.8. The first-order chi connectivity index (χ1) is 18.7. The Labute approximate surface area is 217 Å². The smallest absolute Gasteiger partial charge is 0.252 e. The molecular weight excluding hydrogens is 488 g/mol. The highest BCUT2D eigenvalue weighted by molar-refractivity contribution is 5.97. The third-order valence-corrected chi connectivity index (χ3v) is 6.30. The van der Waals surface area contributed by atoms with Gasteiger partial charge >= 0.3 is 0 Å². The molecule has 3 aromatic heterocycles. The maximum absolute atomic E-state index is 12.5. The molecule has 0 aliphatic carbocycles. The summed E-state index contributed by atoms with van der Waals surface area (Å²) < 4.78 is 18.2. The molecule has 0 unspecified atom stereocenters. The summed E-state index contributed by atoms with van der Waals surface area (Å²) in [7, 11) is 0. The number of morpholine rings is 1. The highest BCUT2D eigenvalue weighted by atomic mass is 16.5. The normalized spacial score (nSPS) is 17.1. The van der Waals surface area contributed by atoms with Crippen LogP contribution in [-0.4, -0.2) is 75.2 Å². The van der Waals surface area contributed by atoms with Gasteiger partial charge < -0.3 is 24.6 Å². The average molecular weight is 515 g/mol. The molecule has 38 heavy (non-hydrogen) atoms. The highest BCUT2D eigenvalue weighted by Crippen LogP contribution is 2.29. The van der Waals surface area contributed by atoms with Crippen molar-refractivity contribution in [2.75, 3.05) is 39.4 Å². The number of nitrogens with one attached hydrogen (secondary N) is 2. The van der Waals surface area contributed by atoms with E-state index in [0.717, 1.165) is 43.6 Å². The van der Waals surface area contributed by atoms with Gasteiger partial charge in [-0.2, -0.15) is 4.52 Å². The van der Waals surface area contributed by atoms with Gasteiger partial charge in [-0.05, 0) is 25.1 Å². The lowest BCUT2D eigenvalue weighted by atomic mass is 10.2. The molecule has 194 valence electrons. The minimum atomic E-state index is -0.136. The van der Waals surface area contributed by atoms with Gasteiger partial charge in [0.15, 0.2) is 11.3 Å². The Kier molecular flexibility index (Phi) is 6.54. The number of hydrogen-bond donors (Lipinski definition) is 2. The van der Waals surface area contributed by atoms with Crippen molar-refractivity contribution in [3.63, 3.8) is 0 Å². The number of aromatic nitrogens is 5. The van der Waals surface area contributed by atoms with Gasteiger partial charge in [0.2, 0.25) is 11.7 Å². The molecule has 12 nitrogen and oxygen atoms in total. The Balaban J connectivity index is 1.16. The lowest BCUT2D eigenvalue weighted by molar-refractivity contribution is -0.117. The molecular formula is C26H26N8O4. The number of allylic oxidation sites excluding steroid dienone is 1. The molecule has 1 fully saturated rings. The van der Waals surface area contributed by atoms with Gasteiger partial charge in [0.05, 0.1) is 24.5 Å². The minimum Gasteiger partial charge on any atom is -0.443 e. The number of hydrogen-bond acceptors (Lipinski definition) is 10. The minimum absolute atomic E-state index is 0.136. The summed E-state index contributed by atoms with van der Waals surface area (Å²) in [4.78, 5) is 14.8. The molecule has 1 amide bonds. The fraction of sp³-hybridized carbons (Fsp3) is 0.269. The molecule has 0 saturated carbocycles. The van der Waals surface area contributed by atoms with E-state index in [-0.39, 0.29) is 5.91 Å². The molecule has 1 aromatic carbocycles. The van der Waals surface area contributed by atoms with Crippen LogP contribution in [0.15, 0.2) is 70.7 Å². The topological polar surface area (TPSA) is 132 Å². The van der Waals surface area contributed by atoms with Crippen LogP contribution in [0.2, 0.25) is 0 Å². The zero-order chi connectivity index (χ0) is 25.9. The van der Waals surface area contributed by atoms with Crippen LogP contribution >= 0.6 is 0 Å². The number of carbonyl (C=O) groups is 1. The number of amides is 1. The predicted molar refractivity (Wildman–Crippen MR) is 138 cm³/mol. The van der Waals surface area contributed by atoms with E-state index in [9.17, 15) is 4.79 Å². The summed E-state index contributed by atoms with van der Waals surface area (Å²) in [5.74, 6) is 1.34. The van der Waals surface area contributed by atoms with E-state index >= 15 is 0 Å². The molecule has 0 bridgehead atoms. The molecule has 6 rings (SSSR count). The van der Waals surface area contributed by atoms with Crippen LogP contribution in [0.1, 0.15) is 5.76 Å². The number of ether oxygens (including phenoxy) is 2. The third-order valence-electron chi connectivity index (χ3n) is 6.30. The quantitative estimate of drug-likeness (QED) is 0.353. The van der Waals surface area contributed by atoms with Crippen molar-refractivity contribution in [2.45, 2.75) is 6.92 Å². The van der Waals surface area contributed by atoms with Crippen molar-refractivity contribution in [1.29, 1.82) is 0 Å². The Hall–Kier alpha value is -4.55. The summed E-state index contributed by atoms with van der Waals surface area (Å²) in [6, 6.07) is 9.45. The number of dihydropyridines is 1. The van der Waals surface area contributed by atoms with Crippen molar-refractivity contribution in [2.24, 2.45) is 0 Å². The lowest BCUT2D eigenvalue weighted by Crippen LogP contribution is -2.41. The molecule has 1 saturated heterocycles. The van der Waals surface area contributed by atoms with Gasteiger partial charge in [0.25, 0.3) is 5.91 Å². The van der Waals surface area contributed by atoms with Crippen LogP contribution in [0.25, 0.3) is 27.9 Å². The van der Waals surface area contributed by atoms with Crippen molar-refractivity contribution in [3.05, 3.63) is 72.0 Å². The fourth-order valence-electron chi connectivity index (χ4n) is 4.30. The van der Waals surface area contributed by atoms with Crippen LogP contribution in [0.3, 0.4) is 0 Å². The Morgan fingerprint density at radius 1 is 1.18 bits per heavy atom. The van der Waals surface area contributed by atoms with E-state index < -0.39 is 0 Å². The number of nitrogens with zero attached hydrogens (tertiary/aromatic N) is 6. The number of fused-ring (bicyclic) bond motifs is 3. The van der Waals surface area contributed by atoms with Crippen LogP contribution in [0, 0.1) is 6.92 Å². The maximum atomic E-state index is 12.5. The number of rotatable bonds is 7. The molecule has 0 radical (unpaired) electrons. The summed E-state index contributed by atoms with van der Waals surface area (Å²) in [6.07, 6.45) is 6.72. The molecule has 12 heteroatoms. The Bertz CT molecular complexity index is 1580. The van der Waals surface area contributed by atoms with Crippen molar-refractivity contribution < 1.29 is 18.8 Å². The van der Waals surface area contributed by atoms with Gasteiger partial charge in [-0.15, -0.1) is 15.3 Å². The predicted octanol–water partition coefficient (Wildman–Crippen LogP) is 1.95. The van der Waals surface area contributed by atoms with Gasteiger partial charge in [0.1, 0.15) is 12.0 Å². The van der Waals surface area contributed by atoms with Crippen LogP contribution in [0.5, 0.6) is 5.88 Å². The summed E-state index contributed by atoms with van der Waals surface area (Å²) in [5.41, 5.74) is 2.31. The molecule has 2 aliphatic heterocycles. The first-order valence-corrected chi connectivity index (χ1v) is 12.3. The zero-order valence-corrected chi connectivity index (χ0v) is 20.8. The second-order valence-electron chi connectivity index (χ2n) is 8.91. The molecule has 0 spiro atoms. The molecule has 2 aliphatic rings. The largest absolute Gasteiger partial charge is 0.443 e. The number of carbonyl (C=O) groups excluding carboxylic acids is 1. The maximum Gasteiger partial charge on any atom is 0.252 e. The molecule has 5 heterocycles. The average Bonchev–Trinajstić information content (AvgIpc) is 3.58. The summed E-state index contributed by atoms with van der Waals surface area (Å²) in [5, 5.41) is 25.0. The number of benzene rings is 1. The highest BCUT2D eigenvalue weighted by Gasteiger charge is 2.18. The SMILES string of the molecule is Cc1cc(-c2nnc3c4ccccc4c(OC=C4C=CC(C(=O)NCCN5CCOCC5)=CN4)nn23)no1. The summed E-state index contributed by atoms with van der Waals surface area (Å²) in [6.45, 7) is 6.45. The van der Waals surface area contributed by atoms with Crippen molar-refractivity contribution >= 4 is 22.3 Å². The Morgan fingerprint density at radius 2 is 2.03 bits per heavy atom. The van der Waals surface area contributed by atoms with E-state index in [1.54, 1.807) is 35.2 Å². The number of aryl methyl sites for hydroxylation is 1. The van der Waals surface area contributed by atoms with Gasteiger partial charge in [-0.25, -0.2) is 0 Å². The van der Waals surface area contributed by atoms with E-state index in [4.69, 9.17) is 14.0 Å². The van der Waals surface area contributed by atoms with E-state index in [0.29, 0.717) is 46.6 Å². The molecule has 2 N–H and O–H groups in total. The van der Waals surface area contributed by atoms with Gasteiger partial charge in [0, 0.05) is 49.2 Å². The molecule has 0 atom stereocenters. The molecule has 4 aromatic rings. The van der Waals surface area contributed by atoms with Crippen molar-refractivity contribution in [1.82, 2.24) is 40.5 Å². The Morgan fingerprint density at radius 3 is 2.79 bits per heavy atom.